The number of ether oxygens (including phenoxy) is 1. The highest BCUT2D eigenvalue weighted by molar-refractivity contribution is 8.01. The first-order valence-electron chi connectivity index (χ1n) is 12.1. The molecule has 2 unspecified atom stereocenters. The highest BCUT2D eigenvalue weighted by atomic mass is 32.2. The Morgan fingerprint density at radius 1 is 1.11 bits per heavy atom. The van der Waals surface area contributed by atoms with Crippen molar-refractivity contribution < 1.29 is 14.3 Å². The van der Waals surface area contributed by atoms with E-state index in [2.05, 4.69) is 20.6 Å². The second kappa shape index (κ2) is 9.44. The van der Waals surface area contributed by atoms with Crippen LogP contribution in [-0.2, 0) is 4.79 Å². The third-order valence-corrected chi connectivity index (χ3v) is 8.14. The molecule has 3 amide bonds. The second-order valence-electron chi connectivity index (χ2n) is 9.18. The Labute approximate surface area is 212 Å². The van der Waals surface area contributed by atoms with Gasteiger partial charge in [0, 0.05) is 29.9 Å². The van der Waals surface area contributed by atoms with E-state index < -0.39 is 11.3 Å². The number of amides is 3. The van der Waals surface area contributed by atoms with E-state index in [0.717, 1.165) is 36.3 Å². The molecule has 1 fully saturated rings. The normalized spacial score (nSPS) is 24.6. The number of benzene rings is 1. The number of carbonyl (C=O) groups is 2. The van der Waals surface area contributed by atoms with Crippen LogP contribution >= 0.6 is 11.8 Å². The van der Waals surface area contributed by atoms with Gasteiger partial charge < -0.3 is 21.1 Å². The Balaban J connectivity index is 1.24. The molecule has 184 valence electrons. The number of rotatable bonds is 5. The van der Waals surface area contributed by atoms with Crippen LogP contribution in [0.4, 0.5) is 16.2 Å². The minimum atomic E-state index is -0.506. The zero-order chi connectivity index (χ0) is 24.6. The van der Waals surface area contributed by atoms with Crippen molar-refractivity contribution in [3.05, 3.63) is 66.5 Å². The van der Waals surface area contributed by atoms with Crippen LogP contribution in [0.2, 0.25) is 0 Å². The molecule has 3 aliphatic rings. The summed E-state index contributed by atoms with van der Waals surface area (Å²) >= 11 is 1.38. The Morgan fingerprint density at radius 2 is 1.94 bits per heavy atom. The first-order valence-corrected chi connectivity index (χ1v) is 13.0. The molecular weight excluding hydrogens is 476 g/mol. The number of urea groups is 1. The second-order valence-corrected chi connectivity index (χ2v) is 10.3. The van der Waals surface area contributed by atoms with Crippen LogP contribution in [0, 0.1) is 0 Å². The third-order valence-electron chi connectivity index (χ3n) is 6.86. The summed E-state index contributed by atoms with van der Waals surface area (Å²) in [4.78, 5) is 37.0. The molecule has 3 aromatic rings. The summed E-state index contributed by atoms with van der Waals surface area (Å²) in [6.45, 7) is 0. The minimum Gasteiger partial charge on any atom is -0.439 e. The van der Waals surface area contributed by atoms with Gasteiger partial charge >= 0.3 is 6.03 Å². The van der Waals surface area contributed by atoms with Crippen molar-refractivity contribution in [3.63, 3.8) is 0 Å². The summed E-state index contributed by atoms with van der Waals surface area (Å²) in [5.41, 5.74) is 8.38. The first-order chi connectivity index (χ1) is 17.6. The highest BCUT2D eigenvalue weighted by Gasteiger charge is 2.47. The summed E-state index contributed by atoms with van der Waals surface area (Å²) in [6.07, 6.45) is 7.20. The van der Waals surface area contributed by atoms with Crippen LogP contribution in [0.25, 0.3) is 0 Å². The summed E-state index contributed by atoms with van der Waals surface area (Å²) in [6, 6.07) is 13.8. The number of para-hydroxylation sites is 1. The van der Waals surface area contributed by atoms with E-state index in [0.29, 0.717) is 23.0 Å². The van der Waals surface area contributed by atoms with Crippen molar-refractivity contribution >= 4 is 35.1 Å². The molecule has 4 heterocycles. The van der Waals surface area contributed by atoms with Gasteiger partial charge in [0.2, 0.25) is 11.8 Å². The quantitative estimate of drug-likeness (QED) is 0.481. The Hall–Kier alpha value is -3.63. The zero-order valence-electron chi connectivity index (χ0n) is 19.5. The fourth-order valence-electron chi connectivity index (χ4n) is 5.06. The van der Waals surface area contributed by atoms with E-state index in [4.69, 9.17) is 10.5 Å². The molecule has 1 aromatic carbocycles. The van der Waals surface area contributed by atoms with E-state index in [1.54, 1.807) is 35.5 Å². The smallest absolute Gasteiger partial charge is 0.327 e. The number of nitrogens with two attached hydrogens (primary N) is 1. The molecule has 2 aromatic heterocycles. The molecule has 36 heavy (non-hydrogen) atoms. The maximum Gasteiger partial charge on any atom is 0.327 e. The molecule has 0 saturated heterocycles. The fourth-order valence-corrected chi connectivity index (χ4v) is 6.30. The molecule has 1 saturated carbocycles. The predicted molar refractivity (Wildman–Crippen MR) is 136 cm³/mol. The number of aromatic nitrogens is 2. The van der Waals surface area contributed by atoms with Gasteiger partial charge in [-0.25, -0.2) is 14.8 Å². The average molecular weight is 503 g/mol. The SMILES string of the molecule is N[C@H]1CCCC[C@H]1NC(=O)C1Sc2nccc3c2C1NC(=O)N3c1ccc(Oc2ccccc2)nc1. The van der Waals surface area contributed by atoms with Crippen LogP contribution < -0.4 is 26.0 Å². The van der Waals surface area contributed by atoms with Crippen LogP contribution in [0.15, 0.2) is 66.0 Å². The minimum absolute atomic E-state index is 0.0389. The van der Waals surface area contributed by atoms with E-state index >= 15 is 0 Å². The monoisotopic (exact) mass is 502 g/mol. The maximum absolute atomic E-state index is 13.3. The van der Waals surface area contributed by atoms with Gasteiger partial charge in [0.25, 0.3) is 0 Å². The van der Waals surface area contributed by atoms with Crippen molar-refractivity contribution in [1.29, 1.82) is 0 Å². The van der Waals surface area contributed by atoms with Crippen molar-refractivity contribution in [2.24, 2.45) is 5.73 Å². The Morgan fingerprint density at radius 3 is 2.72 bits per heavy atom. The lowest BCUT2D eigenvalue weighted by molar-refractivity contribution is -0.122. The van der Waals surface area contributed by atoms with E-state index in [1.165, 1.54) is 11.8 Å². The lowest BCUT2D eigenvalue weighted by Gasteiger charge is -2.35. The lowest BCUT2D eigenvalue weighted by Crippen LogP contribution is -2.54. The molecule has 0 radical (unpaired) electrons. The molecule has 2 aliphatic heterocycles. The number of thioether (sulfide) groups is 1. The first kappa shape index (κ1) is 22.8. The van der Waals surface area contributed by atoms with Crippen LogP contribution in [-0.4, -0.2) is 39.2 Å². The van der Waals surface area contributed by atoms with Crippen LogP contribution in [0.5, 0.6) is 11.6 Å². The van der Waals surface area contributed by atoms with Gasteiger partial charge in [0.15, 0.2) is 0 Å². The molecule has 1 aliphatic carbocycles. The molecule has 4 N–H and O–H groups in total. The van der Waals surface area contributed by atoms with E-state index in [9.17, 15) is 9.59 Å². The number of anilines is 2. The predicted octanol–water partition coefficient (Wildman–Crippen LogP) is 4.03. The fraction of sp³-hybridized carbons (Fsp3) is 0.308. The highest BCUT2D eigenvalue weighted by Crippen LogP contribution is 2.50. The standard InChI is InChI=1S/C26H26N6O3S/c27-17-8-4-5-9-18(17)30-24(33)23-22-21-19(12-13-28-25(21)36-23)32(26(34)31-22)15-10-11-20(29-14-15)35-16-6-2-1-3-7-16/h1-3,6-7,10-14,17-18,22-23H,4-5,8-9,27H2,(H,30,33)(H,31,34)/t17-,18+,22?,23?/m0/s1. The molecule has 0 bridgehead atoms. The number of hydrogen-bond acceptors (Lipinski definition) is 7. The average Bonchev–Trinajstić information content (AvgIpc) is 3.26. The number of hydrogen-bond donors (Lipinski definition) is 3. The van der Waals surface area contributed by atoms with Crippen molar-refractivity contribution in [1.82, 2.24) is 20.6 Å². The van der Waals surface area contributed by atoms with Gasteiger partial charge in [-0.2, -0.15) is 0 Å². The van der Waals surface area contributed by atoms with E-state index in [1.807, 2.05) is 30.3 Å². The molecule has 6 rings (SSSR count). The number of carbonyl (C=O) groups excluding carboxylic acids is 2. The largest absolute Gasteiger partial charge is 0.439 e. The van der Waals surface area contributed by atoms with Gasteiger partial charge in [-0.15, -0.1) is 0 Å². The summed E-state index contributed by atoms with van der Waals surface area (Å²) in [5.74, 6) is 0.987. The molecule has 0 spiro atoms. The number of pyridine rings is 2. The third kappa shape index (κ3) is 4.16. The van der Waals surface area contributed by atoms with Gasteiger partial charge in [0.05, 0.1) is 23.6 Å². The van der Waals surface area contributed by atoms with Crippen LogP contribution in [0.1, 0.15) is 37.3 Å². The van der Waals surface area contributed by atoms with Crippen LogP contribution in [0.3, 0.4) is 0 Å². The Kier molecular flexibility index (Phi) is 5.98. The van der Waals surface area contributed by atoms with Gasteiger partial charge in [0.1, 0.15) is 16.0 Å². The number of nitrogens with one attached hydrogen (secondary N) is 2. The summed E-state index contributed by atoms with van der Waals surface area (Å²) in [7, 11) is 0. The Bertz CT molecular complexity index is 1290. The molecule has 9 nitrogen and oxygen atoms in total. The zero-order valence-corrected chi connectivity index (χ0v) is 20.3. The number of nitrogens with zero attached hydrogens (tertiary/aromatic N) is 3. The van der Waals surface area contributed by atoms with Crippen molar-refractivity contribution in [3.8, 4) is 11.6 Å². The van der Waals surface area contributed by atoms with Gasteiger partial charge in [-0.3, -0.25) is 9.69 Å². The van der Waals surface area contributed by atoms with Gasteiger partial charge in [-0.1, -0.05) is 42.8 Å². The molecule has 4 atom stereocenters. The topological polar surface area (TPSA) is 122 Å². The lowest BCUT2D eigenvalue weighted by atomic mass is 9.90. The maximum atomic E-state index is 13.3. The van der Waals surface area contributed by atoms with Crippen molar-refractivity contribution in [2.45, 2.75) is 54.1 Å². The van der Waals surface area contributed by atoms with Gasteiger partial charge in [-0.05, 0) is 37.1 Å². The summed E-state index contributed by atoms with van der Waals surface area (Å²) in [5, 5.41) is 6.40. The van der Waals surface area contributed by atoms with Crippen molar-refractivity contribution in [2.75, 3.05) is 4.90 Å². The molecule has 10 heteroatoms. The summed E-state index contributed by atoms with van der Waals surface area (Å²) < 4.78 is 5.78. The molecular formula is C26H26N6O3S. The van der Waals surface area contributed by atoms with E-state index in [-0.39, 0.29) is 24.0 Å².